The minimum Gasteiger partial charge on any atom is -0.495 e. The van der Waals surface area contributed by atoms with Gasteiger partial charge < -0.3 is 9.47 Å². The van der Waals surface area contributed by atoms with Gasteiger partial charge in [0.25, 0.3) is 0 Å². The molecule has 0 aliphatic rings. The van der Waals surface area contributed by atoms with Gasteiger partial charge >= 0.3 is 0 Å². The van der Waals surface area contributed by atoms with Crippen LogP contribution in [0.1, 0.15) is 25.5 Å². The highest BCUT2D eigenvalue weighted by molar-refractivity contribution is 6.32. The van der Waals surface area contributed by atoms with Crippen LogP contribution in [-0.4, -0.2) is 19.8 Å². The van der Waals surface area contributed by atoms with Crippen molar-refractivity contribution >= 4 is 11.6 Å². The van der Waals surface area contributed by atoms with Crippen LogP contribution in [0.5, 0.6) is 5.75 Å². The van der Waals surface area contributed by atoms with Crippen molar-refractivity contribution in [2.24, 2.45) is 5.84 Å². The largest absolute Gasteiger partial charge is 0.495 e. The van der Waals surface area contributed by atoms with Crippen molar-refractivity contribution in [2.45, 2.75) is 26.0 Å². The number of hydrogen-bond acceptors (Lipinski definition) is 4. The summed E-state index contributed by atoms with van der Waals surface area (Å²) in [6.45, 7) is 4.56. The lowest BCUT2D eigenvalue weighted by molar-refractivity contribution is 0.0472. The van der Waals surface area contributed by atoms with Crippen LogP contribution >= 0.6 is 11.6 Å². The Morgan fingerprint density at radius 1 is 1.47 bits per heavy atom. The number of benzene rings is 1. The Morgan fingerprint density at radius 2 is 2.18 bits per heavy atom. The van der Waals surface area contributed by atoms with Crippen molar-refractivity contribution in [3.63, 3.8) is 0 Å². The van der Waals surface area contributed by atoms with Crippen molar-refractivity contribution in [3.8, 4) is 5.75 Å². The van der Waals surface area contributed by atoms with E-state index in [1.54, 1.807) is 13.2 Å². The van der Waals surface area contributed by atoms with Crippen LogP contribution in [0.4, 0.5) is 0 Å². The molecule has 2 atom stereocenters. The average molecular weight is 259 g/mol. The minimum atomic E-state index is -0.0962. The van der Waals surface area contributed by atoms with Gasteiger partial charge in [0.15, 0.2) is 0 Å². The minimum absolute atomic E-state index is 0.0316. The fraction of sp³-hybridized carbons (Fsp3) is 0.500. The van der Waals surface area contributed by atoms with Gasteiger partial charge in [-0.15, -0.1) is 0 Å². The molecule has 5 heteroatoms. The maximum absolute atomic E-state index is 5.98. The Hall–Kier alpha value is -0.810. The van der Waals surface area contributed by atoms with Gasteiger partial charge in [-0.1, -0.05) is 17.7 Å². The summed E-state index contributed by atoms with van der Waals surface area (Å²) in [6.07, 6.45) is -0.0316. The van der Waals surface area contributed by atoms with Crippen molar-refractivity contribution in [1.29, 1.82) is 0 Å². The fourth-order valence-electron chi connectivity index (χ4n) is 1.73. The smallest absolute Gasteiger partial charge is 0.137 e. The molecule has 1 rings (SSSR count). The lowest BCUT2D eigenvalue weighted by Gasteiger charge is -2.24. The van der Waals surface area contributed by atoms with E-state index in [4.69, 9.17) is 26.9 Å². The average Bonchev–Trinajstić information content (AvgIpc) is 2.32. The molecule has 0 spiro atoms. The van der Waals surface area contributed by atoms with E-state index in [1.807, 2.05) is 26.0 Å². The first kappa shape index (κ1) is 14.3. The molecule has 0 aromatic heterocycles. The molecule has 96 valence electrons. The summed E-state index contributed by atoms with van der Waals surface area (Å²) in [4.78, 5) is 0. The van der Waals surface area contributed by atoms with Crippen molar-refractivity contribution in [1.82, 2.24) is 5.43 Å². The van der Waals surface area contributed by atoms with E-state index in [9.17, 15) is 0 Å². The third-order valence-corrected chi connectivity index (χ3v) is 2.93. The van der Waals surface area contributed by atoms with Crippen molar-refractivity contribution in [3.05, 3.63) is 28.8 Å². The Bertz CT molecular complexity index is 360. The van der Waals surface area contributed by atoms with Crippen LogP contribution in [-0.2, 0) is 4.74 Å². The number of methoxy groups -OCH3 is 1. The molecular weight excluding hydrogens is 240 g/mol. The quantitative estimate of drug-likeness (QED) is 0.607. The first-order valence-corrected chi connectivity index (χ1v) is 5.93. The maximum Gasteiger partial charge on any atom is 0.137 e. The molecule has 0 saturated carbocycles. The molecule has 17 heavy (non-hydrogen) atoms. The number of hydrazine groups is 1. The standard InChI is InChI=1S/C12H19ClN2O2/c1-4-17-8(2)12(15-14)9-5-6-10(13)11(7-9)16-3/h5-8,12,15H,4,14H2,1-3H3. The first-order chi connectivity index (χ1) is 8.13. The van der Waals surface area contributed by atoms with Gasteiger partial charge in [-0.05, 0) is 31.5 Å². The number of halogens is 1. The number of rotatable bonds is 6. The zero-order chi connectivity index (χ0) is 12.8. The highest BCUT2D eigenvalue weighted by atomic mass is 35.5. The summed E-state index contributed by atoms with van der Waals surface area (Å²) >= 11 is 5.98. The van der Waals surface area contributed by atoms with Crippen molar-refractivity contribution in [2.75, 3.05) is 13.7 Å². The van der Waals surface area contributed by atoms with Gasteiger partial charge in [-0.2, -0.15) is 0 Å². The fourth-order valence-corrected chi connectivity index (χ4v) is 1.93. The molecule has 2 unspecified atom stereocenters. The van der Waals surface area contributed by atoms with Crippen LogP contribution in [0, 0.1) is 0 Å². The third kappa shape index (κ3) is 3.57. The van der Waals surface area contributed by atoms with Crippen molar-refractivity contribution < 1.29 is 9.47 Å². The molecule has 0 amide bonds. The normalized spacial score (nSPS) is 14.4. The predicted octanol–water partition coefficient (Wildman–Crippen LogP) is 2.28. The highest BCUT2D eigenvalue weighted by Gasteiger charge is 2.19. The summed E-state index contributed by atoms with van der Waals surface area (Å²) in [6, 6.07) is 5.47. The summed E-state index contributed by atoms with van der Waals surface area (Å²) < 4.78 is 10.7. The lowest BCUT2D eigenvalue weighted by atomic mass is 10.0. The molecule has 1 aromatic carbocycles. The Kier molecular flexibility index (Phi) is 5.71. The van der Waals surface area contributed by atoms with Crippen LogP contribution in [0.25, 0.3) is 0 Å². The van der Waals surface area contributed by atoms with E-state index in [0.29, 0.717) is 17.4 Å². The number of ether oxygens (including phenoxy) is 2. The van der Waals surface area contributed by atoms with Gasteiger partial charge in [0.05, 0.1) is 24.3 Å². The second kappa shape index (κ2) is 6.81. The lowest BCUT2D eigenvalue weighted by Crippen LogP contribution is -2.36. The summed E-state index contributed by atoms with van der Waals surface area (Å²) in [5.41, 5.74) is 3.73. The highest BCUT2D eigenvalue weighted by Crippen LogP contribution is 2.29. The van der Waals surface area contributed by atoms with E-state index < -0.39 is 0 Å². The molecular formula is C12H19ClN2O2. The molecule has 0 bridgehead atoms. The predicted molar refractivity (Wildman–Crippen MR) is 69.2 cm³/mol. The first-order valence-electron chi connectivity index (χ1n) is 5.55. The van der Waals surface area contributed by atoms with Gasteiger partial charge in [-0.25, -0.2) is 0 Å². The number of nitrogens with two attached hydrogens (primary N) is 1. The van der Waals surface area contributed by atoms with Crippen LogP contribution in [0.3, 0.4) is 0 Å². The summed E-state index contributed by atoms with van der Waals surface area (Å²) in [5.74, 6) is 6.19. The number of nitrogens with one attached hydrogen (secondary N) is 1. The Labute approximate surface area is 107 Å². The maximum atomic E-state index is 5.98. The van der Waals surface area contributed by atoms with Crippen LogP contribution in [0.2, 0.25) is 5.02 Å². The third-order valence-electron chi connectivity index (χ3n) is 2.61. The molecule has 1 aromatic rings. The topological polar surface area (TPSA) is 56.5 Å². The summed E-state index contributed by atoms with van der Waals surface area (Å²) in [5, 5.41) is 0.580. The molecule has 0 radical (unpaired) electrons. The Morgan fingerprint density at radius 3 is 2.71 bits per heavy atom. The van der Waals surface area contributed by atoms with Gasteiger partial charge in [0.2, 0.25) is 0 Å². The molecule has 0 aliphatic heterocycles. The monoisotopic (exact) mass is 258 g/mol. The molecule has 0 aliphatic carbocycles. The SMILES string of the molecule is CCOC(C)C(NN)c1ccc(Cl)c(OC)c1. The second-order valence-corrected chi connectivity index (χ2v) is 4.11. The van der Waals surface area contributed by atoms with Gasteiger partial charge in [0.1, 0.15) is 5.75 Å². The van der Waals surface area contributed by atoms with E-state index in [1.165, 1.54) is 0 Å². The van der Waals surface area contributed by atoms with E-state index >= 15 is 0 Å². The van der Waals surface area contributed by atoms with E-state index in [2.05, 4.69) is 5.43 Å². The zero-order valence-electron chi connectivity index (χ0n) is 10.4. The molecule has 0 fully saturated rings. The van der Waals surface area contributed by atoms with Gasteiger partial charge in [-0.3, -0.25) is 11.3 Å². The van der Waals surface area contributed by atoms with Crippen LogP contribution in [0.15, 0.2) is 18.2 Å². The van der Waals surface area contributed by atoms with E-state index in [0.717, 1.165) is 5.56 Å². The van der Waals surface area contributed by atoms with E-state index in [-0.39, 0.29) is 12.1 Å². The number of hydrogen-bond donors (Lipinski definition) is 2. The summed E-state index contributed by atoms with van der Waals surface area (Å²) in [7, 11) is 1.59. The zero-order valence-corrected chi connectivity index (χ0v) is 11.1. The molecule has 0 heterocycles. The second-order valence-electron chi connectivity index (χ2n) is 3.70. The molecule has 3 N–H and O–H groups in total. The molecule has 4 nitrogen and oxygen atoms in total. The van der Waals surface area contributed by atoms with Gasteiger partial charge in [0, 0.05) is 6.61 Å². The Balaban J connectivity index is 2.95. The van der Waals surface area contributed by atoms with Crippen LogP contribution < -0.4 is 16.0 Å². The molecule has 0 saturated heterocycles.